The van der Waals surface area contributed by atoms with Crippen molar-refractivity contribution < 1.29 is 23.8 Å². The van der Waals surface area contributed by atoms with Gasteiger partial charge in [-0.2, -0.15) is 0 Å². The molecule has 0 bridgehead atoms. The number of rotatable bonds is 5. The number of pyridine rings is 1. The van der Waals surface area contributed by atoms with Crippen LogP contribution in [0.15, 0.2) is 47.4 Å². The Morgan fingerprint density at radius 3 is 2.62 bits per heavy atom. The summed E-state index contributed by atoms with van der Waals surface area (Å²) in [7, 11) is 1.80. The number of carbonyl (C=O) groups is 2. The molecule has 1 aliphatic heterocycles. The Hall–Kier alpha value is -3.88. The van der Waals surface area contributed by atoms with Gasteiger partial charge in [0.1, 0.15) is 18.0 Å². The first kappa shape index (κ1) is 21.9. The number of halogens is 1. The first-order valence-electron chi connectivity index (χ1n) is 11.1. The summed E-state index contributed by atoms with van der Waals surface area (Å²) in [5, 5.41) is 12.3. The van der Waals surface area contributed by atoms with E-state index in [1.807, 2.05) is 42.2 Å². The van der Waals surface area contributed by atoms with Crippen molar-refractivity contribution in [2.24, 2.45) is 0 Å². The lowest BCUT2D eigenvalue weighted by molar-refractivity contribution is 0.0694. The van der Waals surface area contributed by atoms with Crippen molar-refractivity contribution >= 4 is 28.7 Å². The molecule has 2 aliphatic rings. The highest BCUT2D eigenvalue weighted by molar-refractivity contribution is 5.99. The number of hydrogen-bond acceptors (Lipinski definition) is 5. The van der Waals surface area contributed by atoms with Crippen LogP contribution in [0.5, 0.6) is 0 Å². The number of anilines is 1. The fraction of sp³-hybridized carbons (Fsp3) is 0.320. The van der Waals surface area contributed by atoms with Crippen LogP contribution in [0.4, 0.5) is 14.9 Å². The van der Waals surface area contributed by atoms with E-state index in [0.29, 0.717) is 36.2 Å². The SMILES string of the molecule is C[C@H]1CN(C)c2c(C3(NC(=O)OCc4ccccc4)CC3)c(F)cc3c(=O)c(C(=O)O)cn1c23. The standard InChI is InChI=1S/C25H24FN3O5/c1-14-11-28(2)21-19(18(26)10-16-20(21)29(14)12-17(22(16)30)23(31)32)25(8-9-25)27-24(33)34-13-15-6-4-3-5-7-15/h3-7,10,12,14H,8-9,11,13H2,1-2H3,(H,27,33)(H,31,32)/t14-/m0/s1. The van der Waals surface area contributed by atoms with E-state index >= 15 is 4.39 Å². The number of amides is 1. The maximum Gasteiger partial charge on any atom is 0.408 e. The molecule has 5 rings (SSSR count). The van der Waals surface area contributed by atoms with Gasteiger partial charge < -0.3 is 24.6 Å². The molecule has 2 N–H and O–H groups in total. The Bertz CT molecular complexity index is 1380. The number of hydrogen-bond donors (Lipinski definition) is 2. The average Bonchev–Trinajstić information content (AvgIpc) is 3.57. The molecule has 1 aliphatic carbocycles. The molecule has 0 unspecified atom stereocenters. The first-order valence-corrected chi connectivity index (χ1v) is 11.1. The van der Waals surface area contributed by atoms with Gasteiger partial charge in [-0.15, -0.1) is 0 Å². The normalized spacial score (nSPS) is 18.0. The molecular weight excluding hydrogens is 441 g/mol. The van der Waals surface area contributed by atoms with E-state index in [9.17, 15) is 19.5 Å². The smallest absolute Gasteiger partial charge is 0.408 e. The quantitative estimate of drug-likeness (QED) is 0.595. The van der Waals surface area contributed by atoms with Gasteiger partial charge in [0, 0.05) is 31.4 Å². The first-order chi connectivity index (χ1) is 16.2. The minimum Gasteiger partial charge on any atom is -0.477 e. The Morgan fingerprint density at radius 1 is 1.26 bits per heavy atom. The van der Waals surface area contributed by atoms with E-state index in [2.05, 4.69) is 5.32 Å². The number of carboxylic acid groups (broad SMARTS) is 1. The zero-order valence-corrected chi connectivity index (χ0v) is 18.8. The summed E-state index contributed by atoms with van der Waals surface area (Å²) in [6.07, 6.45) is 1.71. The van der Waals surface area contributed by atoms with Crippen LogP contribution in [0, 0.1) is 5.82 Å². The summed E-state index contributed by atoms with van der Waals surface area (Å²) in [5.74, 6) is -2.01. The number of benzene rings is 2. The van der Waals surface area contributed by atoms with Gasteiger partial charge in [0.2, 0.25) is 5.43 Å². The minimum absolute atomic E-state index is 0.0111. The zero-order valence-electron chi connectivity index (χ0n) is 18.8. The summed E-state index contributed by atoms with van der Waals surface area (Å²) in [4.78, 5) is 39.0. The lowest BCUT2D eigenvalue weighted by Crippen LogP contribution is -2.40. The fourth-order valence-corrected chi connectivity index (χ4v) is 4.89. The molecule has 1 amide bonds. The van der Waals surface area contributed by atoms with Crippen molar-refractivity contribution in [2.75, 3.05) is 18.5 Å². The molecule has 0 radical (unpaired) electrons. The molecule has 2 aromatic carbocycles. The van der Waals surface area contributed by atoms with Crippen molar-refractivity contribution in [1.29, 1.82) is 0 Å². The summed E-state index contributed by atoms with van der Waals surface area (Å²) in [6, 6.07) is 10.2. The highest BCUT2D eigenvalue weighted by atomic mass is 19.1. The van der Waals surface area contributed by atoms with E-state index in [1.54, 1.807) is 11.6 Å². The summed E-state index contributed by atoms with van der Waals surface area (Å²) in [5.41, 5.74) is 0.00614. The molecule has 176 valence electrons. The molecule has 2 heterocycles. The van der Waals surface area contributed by atoms with E-state index in [-0.39, 0.29) is 18.0 Å². The number of alkyl carbamates (subject to hydrolysis) is 1. The average molecular weight is 465 g/mol. The fourth-order valence-electron chi connectivity index (χ4n) is 4.89. The molecule has 1 saturated carbocycles. The second kappa shape index (κ2) is 7.86. The van der Waals surface area contributed by atoms with Gasteiger partial charge in [0.05, 0.1) is 22.1 Å². The largest absolute Gasteiger partial charge is 0.477 e. The molecule has 34 heavy (non-hydrogen) atoms. The van der Waals surface area contributed by atoms with Gasteiger partial charge in [0.15, 0.2) is 0 Å². The molecule has 8 nitrogen and oxygen atoms in total. The third-order valence-electron chi connectivity index (χ3n) is 6.65. The van der Waals surface area contributed by atoms with Gasteiger partial charge >= 0.3 is 12.1 Å². The number of aromatic carboxylic acids is 1. The summed E-state index contributed by atoms with van der Waals surface area (Å²) >= 11 is 0. The predicted molar refractivity (Wildman–Crippen MR) is 124 cm³/mol. The van der Waals surface area contributed by atoms with E-state index in [0.717, 1.165) is 11.6 Å². The molecule has 1 aromatic heterocycles. The number of carboxylic acids is 1. The van der Waals surface area contributed by atoms with Crippen LogP contribution in [0.1, 0.15) is 47.3 Å². The highest BCUT2D eigenvalue weighted by Crippen LogP contribution is 2.52. The highest BCUT2D eigenvalue weighted by Gasteiger charge is 2.51. The number of carbonyl (C=O) groups excluding carboxylic acids is 1. The van der Waals surface area contributed by atoms with E-state index in [4.69, 9.17) is 4.74 Å². The van der Waals surface area contributed by atoms with Crippen LogP contribution in [-0.2, 0) is 16.9 Å². The molecule has 1 atom stereocenters. The number of nitrogens with one attached hydrogen (secondary N) is 1. The van der Waals surface area contributed by atoms with Gasteiger partial charge in [-0.1, -0.05) is 30.3 Å². The topological polar surface area (TPSA) is 101 Å². The van der Waals surface area contributed by atoms with Gasteiger partial charge in [-0.3, -0.25) is 4.79 Å². The summed E-state index contributed by atoms with van der Waals surface area (Å²) in [6.45, 7) is 2.48. The Kier molecular flexibility index (Phi) is 5.07. The van der Waals surface area contributed by atoms with Crippen LogP contribution in [-0.4, -0.2) is 35.3 Å². The molecule has 0 spiro atoms. The maximum absolute atomic E-state index is 15.6. The van der Waals surface area contributed by atoms with Crippen molar-refractivity contribution in [3.05, 3.63) is 75.3 Å². The molecule has 3 aromatic rings. The van der Waals surface area contributed by atoms with Crippen LogP contribution in [0.2, 0.25) is 0 Å². The minimum atomic E-state index is -1.35. The molecule has 1 fully saturated rings. The van der Waals surface area contributed by atoms with Crippen LogP contribution >= 0.6 is 0 Å². The molecule has 0 saturated heterocycles. The van der Waals surface area contributed by atoms with Crippen molar-refractivity contribution in [3.8, 4) is 0 Å². The van der Waals surface area contributed by atoms with Crippen LogP contribution in [0.3, 0.4) is 0 Å². The van der Waals surface area contributed by atoms with Crippen molar-refractivity contribution in [2.45, 2.75) is 38.0 Å². The van der Waals surface area contributed by atoms with E-state index in [1.165, 1.54) is 6.20 Å². The van der Waals surface area contributed by atoms with Crippen molar-refractivity contribution in [1.82, 2.24) is 9.88 Å². The maximum atomic E-state index is 15.6. The molecular formula is C25H24FN3O5. The second-order valence-corrected chi connectivity index (χ2v) is 9.06. The Morgan fingerprint density at radius 2 is 1.97 bits per heavy atom. The van der Waals surface area contributed by atoms with Gasteiger partial charge in [-0.25, -0.2) is 14.0 Å². The molecule has 9 heteroatoms. The third-order valence-corrected chi connectivity index (χ3v) is 6.65. The third kappa shape index (κ3) is 3.48. The summed E-state index contributed by atoms with van der Waals surface area (Å²) < 4.78 is 22.7. The van der Waals surface area contributed by atoms with E-state index < -0.39 is 34.4 Å². The Labute approximate surface area is 194 Å². The monoisotopic (exact) mass is 465 g/mol. The number of ether oxygens (including phenoxy) is 1. The number of aromatic nitrogens is 1. The second-order valence-electron chi connectivity index (χ2n) is 9.06. The van der Waals surface area contributed by atoms with Crippen LogP contribution in [0.25, 0.3) is 10.9 Å². The number of likely N-dealkylation sites (N-methyl/N-ethyl adjacent to an activating group) is 1. The van der Waals surface area contributed by atoms with Gasteiger partial charge in [0.25, 0.3) is 0 Å². The lowest BCUT2D eigenvalue weighted by atomic mass is 9.94. The lowest BCUT2D eigenvalue weighted by Gasteiger charge is -2.37. The van der Waals surface area contributed by atoms with Crippen LogP contribution < -0.4 is 15.6 Å². The van der Waals surface area contributed by atoms with Gasteiger partial charge in [-0.05, 0) is 31.4 Å². The van der Waals surface area contributed by atoms with Crippen molar-refractivity contribution in [3.63, 3.8) is 0 Å². The zero-order chi connectivity index (χ0) is 24.2. The Balaban J connectivity index is 1.58. The predicted octanol–water partition coefficient (Wildman–Crippen LogP) is 3.77. The number of nitrogens with zero attached hydrogens (tertiary/aromatic N) is 2.